The van der Waals surface area contributed by atoms with Gasteiger partial charge in [-0.3, -0.25) is 4.79 Å². The summed E-state index contributed by atoms with van der Waals surface area (Å²) >= 11 is 0. The summed E-state index contributed by atoms with van der Waals surface area (Å²) in [6.45, 7) is 2.50. The van der Waals surface area contributed by atoms with Crippen molar-refractivity contribution in [2.45, 2.75) is 45.1 Å². The van der Waals surface area contributed by atoms with Crippen molar-refractivity contribution in [3.8, 4) is 0 Å². The van der Waals surface area contributed by atoms with Crippen molar-refractivity contribution in [2.75, 3.05) is 28.7 Å². The van der Waals surface area contributed by atoms with Gasteiger partial charge in [0.05, 0.1) is 11.8 Å². The van der Waals surface area contributed by atoms with Gasteiger partial charge < -0.3 is 20.2 Å². The minimum atomic E-state index is -0.958. The Balaban J connectivity index is 1.68. The second-order valence-electron chi connectivity index (χ2n) is 7.70. The number of fused-ring (bicyclic) bond motifs is 1. The van der Waals surface area contributed by atoms with Crippen LogP contribution in [0.2, 0.25) is 0 Å². The van der Waals surface area contributed by atoms with E-state index in [-0.39, 0.29) is 11.5 Å². The average Bonchev–Trinajstić information content (AvgIpc) is 3.20. The summed E-state index contributed by atoms with van der Waals surface area (Å²) in [5.41, 5.74) is 2.51. The van der Waals surface area contributed by atoms with Gasteiger partial charge in [0, 0.05) is 31.7 Å². The highest BCUT2D eigenvalue weighted by Crippen LogP contribution is 2.36. The van der Waals surface area contributed by atoms with Gasteiger partial charge in [0.25, 0.3) is 0 Å². The number of carboxylic acid groups (broad SMARTS) is 1. The number of carbonyl (C=O) groups excluding carboxylic acids is 1. The van der Waals surface area contributed by atoms with Crippen LogP contribution in [0.3, 0.4) is 0 Å². The minimum Gasteiger partial charge on any atom is -0.478 e. The first-order chi connectivity index (χ1) is 13.9. The summed E-state index contributed by atoms with van der Waals surface area (Å²) in [5.74, 6) is 0.320. The van der Waals surface area contributed by atoms with Gasteiger partial charge in [-0.1, -0.05) is 12.8 Å². The second-order valence-corrected chi connectivity index (χ2v) is 7.70. The van der Waals surface area contributed by atoms with Crippen LogP contribution in [-0.4, -0.2) is 46.6 Å². The molecule has 1 aliphatic carbocycles. The molecule has 0 atom stereocenters. The smallest absolute Gasteiger partial charge is 0.335 e. The van der Waals surface area contributed by atoms with Gasteiger partial charge in [-0.05, 0) is 43.5 Å². The molecule has 0 unspecified atom stereocenters. The van der Waals surface area contributed by atoms with E-state index in [0.717, 1.165) is 35.6 Å². The Kier molecular flexibility index (Phi) is 5.08. The fourth-order valence-corrected chi connectivity index (χ4v) is 4.13. The fourth-order valence-electron chi connectivity index (χ4n) is 4.13. The Morgan fingerprint density at radius 1 is 1.28 bits per heavy atom. The van der Waals surface area contributed by atoms with E-state index in [9.17, 15) is 9.59 Å². The topological polar surface area (TPSA) is 98.7 Å². The molecule has 2 aromatic rings. The third-order valence-corrected chi connectivity index (χ3v) is 5.81. The number of aromatic nitrogens is 2. The van der Waals surface area contributed by atoms with Gasteiger partial charge in [0.2, 0.25) is 11.9 Å². The van der Waals surface area contributed by atoms with E-state index in [4.69, 9.17) is 10.1 Å². The van der Waals surface area contributed by atoms with Gasteiger partial charge in [-0.15, -0.1) is 0 Å². The Morgan fingerprint density at radius 2 is 2.03 bits per heavy atom. The van der Waals surface area contributed by atoms with Crippen LogP contribution in [-0.2, 0) is 4.79 Å². The SMILES string of the molecule is Cc1cc(C(=O)O)ccc1Nc1ncc2c(n1)N(C1CCCC1)CCC(=O)N2C. The first-order valence-corrected chi connectivity index (χ1v) is 9.95. The van der Waals surface area contributed by atoms with Gasteiger partial charge in [-0.25, -0.2) is 9.78 Å². The Labute approximate surface area is 169 Å². The fraction of sp³-hybridized carbons (Fsp3) is 0.429. The number of hydrogen-bond acceptors (Lipinski definition) is 6. The highest BCUT2D eigenvalue weighted by Gasteiger charge is 2.31. The largest absolute Gasteiger partial charge is 0.478 e. The molecular formula is C21H25N5O3. The molecule has 4 rings (SSSR count). The van der Waals surface area contributed by atoms with Crippen molar-refractivity contribution < 1.29 is 14.7 Å². The van der Waals surface area contributed by atoms with Gasteiger partial charge >= 0.3 is 5.97 Å². The molecule has 1 aromatic carbocycles. The molecule has 1 aliphatic heterocycles. The summed E-state index contributed by atoms with van der Waals surface area (Å²) in [6, 6.07) is 5.29. The minimum absolute atomic E-state index is 0.0659. The maximum absolute atomic E-state index is 12.4. The van der Waals surface area contributed by atoms with Crippen molar-refractivity contribution in [1.29, 1.82) is 0 Å². The molecule has 0 bridgehead atoms. The zero-order valence-electron chi connectivity index (χ0n) is 16.7. The number of benzene rings is 1. The number of aryl methyl sites for hydroxylation is 1. The molecule has 1 aromatic heterocycles. The highest BCUT2D eigenvalue weighted by molar-refractivity contribution is 5.97. The monoisotopic (exact) mass is 395 g/mol. The number of carbonyl (C=O) groups is 2. The number of nitrogens with zero attached hydrogens (tertiary/aromatic N) is 4. The first-order valence-electron chi connectivity index (χ1n) is 9.95. The van der Waals surface area contributed by atoms with Crippen molar-refractivity contribution >= 4 is 35.0 Å². The maximum Gasteiger partial charge on any atom is 0.335 e. The molecule has 152 valence electrons. The lowest BCUT2D eigenvalue weighted by Crippen LogP contribution is -2.34. The summed E-state index contributed by atoms with van der Waals surface area (Å²) in [5, 5.41) is 12.3. The lowest BCUT2D eigenvalue weighted by atomic mass is 10.1. The van der Waals surface area contributed by atoms with E-state index in [0.29, 0.717) is 25.0 Å². The van der Waals surface area contributed by atoms with Crippen molar-refractivity contribution in [2.24, 2.45) is 0 Å². The first kappa shape index (κ1) is 19.2. The van der Waals surface area contributed by atoms with Crippen molar-refractivity contribution in [1.82, 2.24) is 9.97 Å². The van der Waals surface area contributed by atoms with Crippen LogP contribution in [0.15, 0.2) is 24.4 Å². The average molecular weight is 395 g/mol. The number of aromatic carboxylic acids is 1. The Hall–Kier alpha value is -3.16. The second kappa shape index (κ2) is 7.69. The number of hydrogen-bond donors (Lipinski definition) is 2. The Morgan fingerprint density at radius 3 is 2.72 bits per heavy atom. The lowest BCUT2D eigenvalue weighted by molar-refractivity contribution is -0.118. The molecule has 1 saturated carbocycles. The molecule has 1 amide bonds. The number of amides is 1. The number of rotatable bonds is 4. The predicted molar refractivity (Wildman–Crippen MR) is 111 cm³/mol. The third kappa shape index (κ3) is 3.74. The van der Waals surface area contributed by atoms with Crippen LogP contribution in [0.5, 0.6) is 0 Å². The molecule has 2 N–H and O–H groups in total. The van der Waals surface area contributed by atoms with E-state index < -0.39 is 5.97 Å². The molecule has 2 aliphatic rings. The summed E-state index contributed by atoms with van der Waals surface area (Å²) in [6.07, 6.45) is 6.77. The predicted octanol–water partition coefficient (Wildman–Crippen LogP) is 3.34. The molecule has 0 saturated heterocycles. The molecule has 0 radical (unpaired) electrons. The van der Waals surface area contributed by atoms with Crippen LogP contribution in [0, 0.1) is 6.92 Å². The normalized spacial score (nSPS) is 17.2. The summed E-state index contributed by atoms with van der Waals surface area (Å²) < 4.78 is 0. The summed E-state index contributed by atoms with van der Waals surface area (Å²) in [4.78, 5) is 36.7. The van der Waals surface area contributed by atoms with E-state index in [1.807, 2.05) is 6.92 Å². The zero-order valence-corrected chi connectivity index (χ0v) is 16.7. The zero-order chi connectivity index (χ0) is 20.5. The van der Waals surface area contributed by atoms with Crippen molar-refractivity contribution in [3.05, 3.63) is 35.5 Å². The molecular weight excluding hydrogens is 370 g/mol. The lowest BCUT2D eigenvalue weighted by Gasteiger charge is -2.30. The van der Waals surface area contributed by atoms with Gasteiger partial charge in [-0.2, -0.15) is 4.98 Å². The number of anilines is 4. The van der Waals surface area contributed by atoms with E-state index in [1.54, 1.807) is 36.3 Å². The highest BCUT2D eigenvalue weighted by atomic mass is 16.4. The molecule has 8 heteroatoms. The van der Waals surface area contributed by atoms with Crippen LogP contribution in [0.4, 0.5) is 23.1 Å². The van der Waals surface area contributed by atoms with Gasteiger partial charge in [0.1, 0.15) is 5.69 Å². The summed E-state index contributed by atoms with van der Waals surface area (Å²) in [7, 11) is 1.77. The van der Waals surface area contributed by atoms with Crippen LogP contribution >= 0.6 is 0 Å². The number of carboxylic acids is 1. The van der Waals surface area contributed by atoms with Crippen LogP contribution in [0.1, 0.15) is 48.0 Å². The van der Waals surface area contributed by atoms with E-state index >= 15 is 0 Å². The maximum atomic E-state index is 12.4. The van der Waals surface area contributed by atoms with Gasteiger partial charge in [0.15, 0.2) is 5.82 Å². The van der Waals surface area contributed by atoms with Crippen molar-refractivity contribution in [3.63, 3.8) is 0 Å². The molecule has 29 heavy (non-hydrogen) atoms. The van der Waals surface area contributed by atoms with E-state index in [2.05, 4.69) is 15.2 Å². The quantitative estimate of drug-likeness (QED) is 0.819. The molecule has 1 fully saturated rings. The molecule has 2 heterocycles. The van der Waals surface area contributed by atoms with E-state index in [1.165, 1.54) is 12.8 Å². The van der Waals surface area contributed by atoms with Crippen LogP contribution in [0.25, 0.3) is 0 Å². The molecule has 8 nitrogen and oxygen atoms in total. The Bertz CT molecular complexity index is 955. The van der Waals surface area contributed by atoms with Crippen LogP contribution < -0.4 is 15.1 Å². The standard InChI is InChI=1S/C21H25N5O3/c1-13-11-14(20(28)29)7-8-16(13)23-21-22-12-17-19(24-21)26(15-5-3-4-6-15)10-9-18(27)25(17)2/h7-8,11-12,15H,3-6,9-10H2,1-2H3,(H,28,29)(H,22,23,24). The molecule has 0 spiro atoms. The third-order valence-electron chi connectivity index (χ3n) is 5.81. The number of nitrogens with one attached hydrogen (secondary N) is 1.